The average molecular weight is 599 g/mol. The molecule has 5 heterocycles. The van der Waals surface area contributed by atoms with E-state index in [-0.39, 0.29) is 12.1 Å². The Balaban J connectivity index is 1.31. The lowest BCUT2D eigenvalue weighted by Crippen LogP contribution is -2.38. The number of para-hydroxylation sites is 1. The molecule has 9 heteroatoms. The van der Waals surface area contributed by atoms with Gasteiger partial charge in [-0.2, -0.15) is 0 Å². The first-order valence-electron chi connectivity index (χ1n) is 14.0. The molecular formula is C32H31ClN6S2. The minimum Gasteiger partial charge on any atom is -0.370 e. The lowest BCUT2D eigenvalue weighted by Gasteiger charge is -2.37. The largest absolute Gasteiger partial charge is 0.370 e. The van der Waals surface area contributed by atoms with Crippen molar-refractivity contribution in [2.24, 2.45) is 11.8 Å². The Kier molecular flexibility index (Phi) is 6.93. The molecule has 0 radical (unpaired) electrons. The van der Waals surface area contributed by atoms with E-state index in [0.717, 1.165) is 56.2 Å². The maximum absolute atomic E-state index is 7.02. The molecule has 0 bridgehead atoms. The average Bonchev–Trinajstić information content (AvgIpc) is 3.69. The summed E-state index contributed by atoms with van der Waals surface area (Å²) in [6, 6.07) is 24.5. The monoisotopic (exact) mass is 598 g/mol. The van der Waals surface area contributed by atoms with Crippen LogP contribution in [0, 0.1) is 11.8 Å². The molecule has 0 unspecified atom stereocenters. The van der Waals surface area contributed by atoms with E-state index in [9.17, 15) is 0 Å². The van der Waals surface area contributed by atoms with Crippen LogP contribution in [0.25, 0.3) is 15.3 Å². The molecule has 2 aromatic carbocycles. The minimum atomic E-state index is -0.170. The number of pyridine rings is 1. The molecule has 208 valence electrons. The molecule has 4 atom stereocenters. The second kappa shape index (κ2) is 10.7. The highest BCUT2D eigenvalue weighted by molar-refractivity contribution is 7.80. The van der Waals surface area contributed by atoms with Gasteiger partial charge in [0.1, 0.15) is 6.04 Å². The zero-order chi connectivity index (χ0) is 28.1. The summed E-state index contributed by atoms with van der Waals surface area (Å²) in [5, 5.41) is 5.89. The number of anilines is 2. The van der Waals surface area contributed by atoms with E-state index in [1.54, 1.807) is 11.3 Å². The number of aromatic nitrogens is 3. The molecule has 0 saturated carbocycles. The molecule has 2 aliphatic heterocycles. The van der Waals surface area contributed by atoms with Crippen LogP contribution in [0.15, 0.2) is 85.2 Å². The van der Waals surface area contributed by atoms with E-state index in [2.05, 4.69) is 94.3 Å². The van der Waals surface area contributed by atoms with Gasteiger partial charge >= 0.3 is 0 Å². The van der Waals surface area contributed by atoms with E-state index in [4.69, 9.17) is 33.8 Å². The molecule has 0 aliphatic carbocycles. The zero-order valence-electron chi connectivity index (χ0n) is 22.9. The van der Waals surface area contributed by atoms with Gasteiger partial charge in [0.25, 0.3) is 0 Å². The summed E-state index contributed by atoms with van der Waals surface area (Å²) in [5.41, 5.74) is 5.04. The van der Waals surface area contributed by atoms with E-state index < -0.39 is 0 Å². The second-order valence-electron chi connectivity index (χ2n) is 11.3. The number of fused-ring (bicyclic) bond motifs is 1. The normalized spacial score (nSPS) is 22.9. The summed E-state index contributed by atoms with van der Waals surface area (Å²) in [7, 11) is 0. The topological polar surface area (TPSA) is 49.2 Å². The molecule has 6 nitrogen and oxygen atoms in total. The Morgan fingerprint density at radius 1 is 0.976 bits per heavy atom. The molecule has 2 saturated heterocycles. The predicted octanol–water partition coefficient (Wildman–Crippen LogP) is 7.79. The first-order chi connectivity index (χ1) is 20.0. The van der Waals surface area contributed by atoms with Gasteiger partial charge in [0.15, 0.2) is 10.2 Å². The fourth-order valence-corrected chi connectivity index (χ4v) is 8.08. The van der Waals surface area contributed by atoms with Crippen molar-refractivity contribution in [1.82, 2.24) is 19.9 Å². The lowest BCUT2D eigenvalue weighted by molar-refractivity contribution is 0.357. The van der Waals surface area contributed by atoms with Gasteiger partial charge in [-0.3, -0.25) is 9.55 Å². The van der Waals surface area contributed by atoms with Crippen LogP contribution in [0.1, 0.15) is 43.7 Å². The Labute approximate surface area is 254 Å². The number of hydrogen-bond acceptors (Lipinski definition) is 5. The fraction of sp³-hybridized carbons (Fsp3) is 0.281. The van der Waals surface area contributed by atoms with Crippen molar-refractivity contribution in [2.75, 3.05) is 22.9 Å². The number of piperidine rings is 1. The van der Waals surface area contributed by atoms with Crippen LogP contribution in [0.5, 0.6) is 0 Å². The summed E-state index contributed by atoms with van der Waals surface area (Å²) in [4.78, 5) is 14.3. The molecule has 0 amide bonds. The number of halogens is 1. The first kappa shape index (κ1) is 26.4. The SMILES string of the molecule is C[C@@H]1C[C@H](C)CN(c2ccc(N3C(=S)N[C@H](c4ccccn4)[C@@H]3c3cccn3-c3nc4ccccc4s3)cc2Cl)C1. The van der Waals surface area contributed by atoms with Gasteiger partial charge in [-0.05, 0) is 85.1 Å². The van der Waals surface area contributed by atoms with Gasteiger partial charge in [-0.1, -0.05) is 55.0 Å². The lowest BCUT2D eigenvalue weighted by atomic mass is 9.91. The van der Waals surface area contributed by atoms with Crippen molar-refractivity contribution in [2.45, 2.75) is 32.4 Å². The summed E-state index contributed by atoms with van der Waals surface area (Å²) in [6.45, 7) is 6.69. The number of benzene rings is 2. The van der Waals surface area contributed by atoms with Gasteiger partial charge < -0.3 is 15.1 Å². The highest BCUT2D eigenvalue weighted by Gasteiger charge is 2.42. The maximum Gasteiger partial charge on any atom is 0.194 e. The second-order valence-corrected chi connectivity index (χ2v) is 13.1. The number of nitrogens with zero attached hydrogens (tertiary/aromatic N) is 5. The van der Waals surface area contributed by atoms with E-state index >= 15 is 0 Å². The van der Waals surface area contributed by atoms with Crippen LogP contribution in [0.4, 0.5) is 11.4 Å². The van der Waals surface area contributed by atoms with Gasteiger partial charge in [-0.25, -0.2) is 4.98 Å². The molecule has 2 fully saturated rings. The third-order valence-corrected chi connectivity index (χ3v) is 9.74. The van der Waals surface area contributed by atoms with Crippen molar-refractivity contribution >= 4 is 61.9 Å². The summed E-state index contributed by atoms with van der Waals surface area (Å²) >= 11 is 14.7. The van der Waals surface area contributed by atoms with Crippen LogP contribution in [0.2, 0.25) is 5.02 Å². The van der Waals surface area contributed by atoms with Gasteiger partial charge in [0.05, 0.1) is 38.4 Å². The van der Waals surface area contributed by atoms with Crippen LogP contribution < -0.4 is 15.1 Å². The predicted molar refractivity (Wildman–Crippen MR) is 173 cm³/mol. The van der Waals surface area contributed by atoms with Crippen molar-refractivity contribution < 1.29 is 0 Å². The third-order valence-electron chi connectivity index (χ3n) is 8.09. The van der Waals surface area contributed by atoms with Gasteiger partial charge in [-0.15, -0.1) is 0 Å². The summed E-state index contributed by atoms with van der Waals surface area (Å²) < 4.78 is 3.34. The number of thiazole rings is 1. The van der Waals surface area contributed by atoms with Crippen LogP contribution in [-0.4, -0.2) is 32.7 Å². The number of hydrogen-bond donors (Lipinski definition) is 1. The van der Waals surface area contributed by atoms with Gasteiger partial charge in [0, 0.05) is 31.2 Å². The molecule has 41 heavy (non-hydrogen) atoms. The Hall–Kier alpha value is -3.46. The van der Waals surface area contributed by atoms with Crippen molar-refractivity contribution in [3.63, 3.8) is 0 Å². The van der Waals surface area contributed by atoms with E-state index in [1.165, 1.54) is 6.42 Å². The zero-order valence-corrected chi connectivity index (χ0v) is 25.3. The molecule has 1 N–H and O–H groups in total. The molecule has 2 aliphatic rings. The highest BCUT2D eigenvalue weighted by atomic mass is 35.5. The Bertz CT molecular complexity index is 1670. The number of nitrogens with one attached hydrogen (secondary N) is 1. The minimum absolute atomic E-state index is 0.158. The highest BCUT2D eigenvalue weighted by Crippen LogP contribution is 2.44. The maximum atomic E-state index is 7.02. The molecule has 0 spiro atoms. The van der Waals surface area contributed by atoms with Crippen molar-refractivity contribution in [3.05, 3.63) is 102 Å². The quantitative estimate of drug-likeness (QED) is 0.208. The fourth-order valence-electron chi connectivity index (χ4n) is 6.47. The van der Waals surface area contributed by atoms with E-state index in [1.807, 2.05) is 24.4 Å². The smallest absolute Gasteiger partial charge is 0.194 e. The molecule has 3 aromatic heterocycles. The number of rotatable bonds is 5. The third kappa shape index (κ3) is 4.88. The van der Waals surface area contributed by atoms with E-state index in [0.29, 0.717) is 16.9 Å². The summed E-state index contributed by atoms with van der Waals surface area (Å²) in [5.74, 6) is 1.28. The number of thiocarbonyl (C=S) groups is 1. The van der Waals surface area contributed by atoms with Crippen LogP contribution >= 0.6 is 35.2 Å². The van der Waals surface area contributed by atoms with Gasteiger partial charge in [0.2, 0.25) is 0 Å². The summed E-state index contributed by atoms with van der Waals surface area (Å²) in [6.07, 6.45) is 5.17. The first-order valence-corrected chi connectivity index (χ1v) is 15.6. The standard InChI is InChI=1S/C32H31ClN6S2/c1-20-16-21(2)19-37(18-20)26-13-12-22(17-23(26)33)39-30(29(36-31(39)40)25-9-5-6-14-34-25)27-10-7-15-38(27)32-35-24-8-3-4-11-28(24)41-32/h3-15,17,20-21,29-30H,16,18-19H2,1-2H3,(H,36,40)/t20-,21+,29-,30+/m1/s1. The van der Waals surface area contributed by atoms with Crippen LogP contribution in [-0.2, 0) is 0 Å². The van der Waals surface area contributed by atoms with Crippen molar-refractivity contribution in [3.8, 4) is 5.13 Å². The molecule has 5 aromatic rings. The van der Waals surface area contributed by atoms with Crippen LogP contribution in [0.3, 0.4) is 0 Å². The Morgan fingerprint density at radius 3 is 2.54 bits per heavy atom. The van der Waals surface area contributed by atoms with Crippen molar-refractivity contribution in [1.29, 1.82) is 0 Å². The molecule has 7 rings (SSSR count). The Morgan fingerprint density at radius 2 is 1.78 bits per heavy atom. The molecular weight excluding hydrogens is 568 g/mol.